The monoisotopic (exact) mass is 274 g/mol. The third kappa shape index (κ3) is 2.14. The molecule has 1 aromatic heterocycles. The van der Waals surface area contributed by atoms with Gasteiger partial charge in [0.1, 0.15) is 11.6 Å². The zero-order chi connectivity index (χ0) is 12.8. The lowest BCUT2D eigenvalue weighted by Crippen LogP contribution is -2.23. The third-order valence-electron chi connectivity index (χ3n) is 2.56. The number of rotatable bonds is 1. The molecule has 2 aromatic rings. The van der Waals surface area contributed by atoms with Gasteiger partial charge in [0.15, 0.2) is 0 Å². The lowest BCUT2D eigenvalue weighted by Gasteiger charge is -2.24. The second-order valence-corrected chi connectivity index (χ2v) is 5.60. The van der Waals surface area contributed by atoms with Crippen molar-refractivity contribution in [2.45, 2.75) is 32.2 Å². The number of halogens is 3. The molecule has 2 nitrogen and oxygen atoms in total. The van der Waals surface area contributed by atoms with Crippen molar-refractivity contribution in [1.82, 2.24) is 9.55 Å². The summed E-state index contributed by atoms with van der Waals surface area (Å²) in [5.41, 5.74) is 1.18. The van der Waals surface area contributed by atoms with Crippen molar-refractivity contribution in [2.75, 3.05) is 0 Å². The first-order chi connectivity index (χ1) is 7.84. The molecule has 0 unspecified atom stereocenters. The van der Waals surface area contributed by atoms with Gasteiger partial charge in [-0.2, -0.15) is 0 Å². The standard InChI is InChI=1S/C12H13Cl2FN2/c1-12(2,3)17-10-5-8(15)7(14)4-9(10)16-11(17)6-13/h4-5H,6H2,1-3H3. The molecule has 0 saturated heterocycles. The van der Waals surface area contributed by atoms with Gasteiger partial charge in [-0.15, -0.1) is 11.6 Å². The van der Waals surface area contributed by atoms with E-state index in [9.17, 15) is 4.39 Å². The van der Waals surface area contributed by atoms with Crippen LogP contribution in [0.15, 0.2) is 12.1 Å². The molecule has 0 aliphatic heterocycles. The van der Waals surface area contributed by atoms with E-state index < -0.39 is 5.82 Å². The number of fused-ring (bicyclic) bond motifs is 1. The van der Waals surface area contributed by atoms with E-state index in [1.807, 2.05) is 25.3 Å². The first kappa shape index (κ1) is 12.7. The molecule has 1 heterocycles. The molecule has 0 bridgehead atoms. The predicted molar refractivity (Wildman–Crippen MR) is 69.3 cm³/mol. The first-order valence-electron chi connectivity index (χ1n) is 5.27. The summed E-state index contributed by atoms with van der Waals surface area (Å²) in [4.78, 5) is 4.38. The quantitative estimate of drug-likeness (QED) is 0.708. The van der Waals surface area contributed by atoms with Crippen molar-refractivity contribution in [1.29, 1.82) is 0 Å². The summed E-state index contributed by atoms with van der Waals surface area (Å²) in [5, 5.41) is 0.0807. The molecule has 0 N–H and O–H groups in total. The van der Waals surface area contributed by atoms with Gasteiger partial charge in [0.25, 0.3) is 0 Å². The van der Waals surface area contributed by atoms with Gasteiger partial charge < -0.3 is 4.57 Å². The maximum absolute atomic E-state index is 13.5. The van der Waals surface area contributed by atoms with Crippen LogP contribution in [0.3, 0.4) is 0 Å². The van der Waals surface area contributed by atoms with Crippen LogP contribution in [-0.4, -0.2) is 9.55 Å². The molecule has 92 valence electrons. The van der Waals surface area contributed by atoms with Gasteiger partial charge >= 0.3 is 0 Å². The van der Waals surface area contributed by atoms with Gasteiger partial charge in [-0.1, -0.05) is 11.6 Å². The van der Waals surface area contributed by atoms with Crippen LogP contribution in [0.25, 0.3) is 11.0 Å². The fourth-order valence-corrected chi connectivity index (χ4v) is 2.30. The molecule has 17 heavy (non-hydrogen) atoms. The van der Waals surface area contributed by atoms with E-state index in [4.69, 9.17) is 23.2 Å². The van der Waals surface area contributed by atoms with E-state index >= 15 is 0 Å². The highest BCUT2D eigenvalue weighted by atomic mass is 35.5. The van der Waals surface area contributed by atoms with E-state index in [0.29, 0.717) is 5.52 Å². The highest BCUT2D eigenvalue weighted by Crippen LogP contribution is 2.29. The molecule has 0 amide bonds. The molecular weight excluding hydrogens is 262 g/mol. The van der Waals surface area contributed by atoms with Crippen molar-refractivity contribution in [3.63, 3.8) is 0 Å². The number of benzene rings is 1. The lowest BCUT2D eigenvalue weighted by molar-refractivity contribution is 0.398. The first-order valence-corrected chi connectivity index (χ1v) is 6.18. The summed E-state index contributed by atoms with van der Waals surface area (Å²) < 4.78 is 15.5. The Labute approximate surface area is 109 Å². The summed E-state index contributed by atoms with van der Waals surface area (Å²) in [6.45, 7) is 6.07. The lowest BCUT2D eigenvalue weighted by atomic mass is 10.1. The number of hydrogen-bond acceptors (Lipinski definition) is 1. The molecule has 0 atom stereocenters. The molecule has 0 aliphatic rings. The van der Waals surface area contributed by atoms with Gasteiger partial charge in [-0.25, -0.2) is 9.37 Å². The summed E-state index contributed by atoms with van der Waals surface area (Å²) in [6, 6.07) is 2.94. The number of aromatic nitrogens is 2. The molecule has 2 rings (SSSR count). The van der Waals surface area contributed by atoms with Crippen LogP contribution >= 0.6 is 23.2 Å². The Bertz CT molecular complexity index is 570. The Hall–Kier alpha value is -0.800. The van der Waals surface area contributed by atoms with E-state index in [1.165, 1.54) is 12.1 Å². The summed E-state index contributed by atoms with van der Waals surface area (Å²) in [6.07, 6.45) is 0. The maximum Gasteiger partial charge on any atom is 0.144 e. The summed E-state index contributed by atoms with van der Waals surface area (Å²) in [7, 11) is 0. The maximum atomic E-state index is 13.5. The van der Waals surface area contributed by atoms with Gasteiger partial charge in [0.2, 0.25) is 0 Å². The molecule has 1 aromatic carbocycles. The van der Waals surface area contributed by atoms with Crippen LogP contribution in [0.5, 0.6) is 0 Å². The van der Waals surface area contributed by atoms with Crippen LogP contribution in [-0.2, 0) is 11.4 Å². The number of alkyl halides is 1. The second kappa shape index (κ2) is 4.14. The Morgan fingerprint density at radius 3 is 2.53 bits per heavy atom. The summed E-state index contributed by atoms with van der Waals surface area (Å²) >= 11 is 11.6. The highest BCUT2D eigenvalue weighted by molar-refractivity contribution is 6.31. The van der Waals surface area contributed by atoms with Crippen LogP contribution in [0.1, 0.15) is 26.6 Å². The minimum atomic E-state index is -0.439. The molecular formula is C12H13Cl2FN2. The number of imidazole rings is 1. The Balaban J connectivity index is 2.84. The molecule has 0 aliphatic carbocycles. The van der Waals surface area contributed by atoms with Crippen LogP contribution in [0.4, 0.5) is 4.39 Å². The van der Waals surface area contributed by atoms with Crippen LogP contribution < -0.4 is 0 Å². The minimum absolute atomic E-state index is 0.0807. The fourth-order valence-electron chi connectivity index (χ4n) is 1.96. The Morgan fingerprint density at radius 2 is 2.00 bits per heavy atom. The number of hydrogen-bond donors (Lipinski definition) is 0. The zero-order valence-electron chi connectivity index (χ0n) is 9.89. The minimum Gasteiger partial charge on any atom is -0.321 e. The molecule has 0 saturated carbocycles. The van der Waals surface area contributed by atoms with E-state index in [-0.39, 0.29) is 16.4 Å². The van der Waals surface area contributed by atoms with Crippen LogP contribution in [0, 0.1) is 5.82 Å². The fraction of sp³-hybridized carbons (Fsp3) is 0.417. The van der Waals surface area contributed by atoms with Crippen molar-refractivity contribution in [3.05, 3.63) is 28.8 Å². The normalized spacial score (nSPS) is 12.4. The van der Waals surface area contributed by atoms with Gasteiger partial charge in [0.05, 0.1) is 21.9 Å². The van der Waals surface area contributed by atoms with E-state index in [0.717, 1.165) is 11.3 Å². The molecule has 0 spiro atoms. The SMILES string of the molecule is CC(C)(C)n1c(CCl)nc2cc(Cl)c(F)cc21. The topological polar surface area (TPSA) is 17.8 Å². The molecule has 0 fully saturated rings. The number of nitrogens with zero attached hydrogens (tertiary/aromatic N) is 2. The van der Waals surface area contributed by atoms with Crippen molar-refractivity contribution in [3.8, 4) is 0 Å². The van der Waals surface area contributed by atoms with Gasteiger partial charge in [-0.05, 0) is 26.8 Å². The molecule has 0 radical (unpaired) electrons. The zero-order valence-corrected chi connectivity index (χ0v) is 11.4. The van der Waals surface area contributed by atoms with Gasteiger partial charge in [0, 0.05) is 11.6 Å². The van der Waals surface area contributed by atoms with Crippen LogP contribution in [0.2, 0.25) is 5.02 Å². The smallest absolute Gasteiger partial charge is 0.144 e. The Kier molecular flexibility index (Phi) is 3.08. The largest absolute Gasteiger partial charge is 0.321 e. The van der Waals surface area contributed by atoms with E-state index in [1.54, 1.807) is 0 Å². The average Bonchev–Trinajstić information content (AvgIpc) is 2.56. The average molecular weight is 275 g/mol. The van der Waals surface area contributed by atoms with Crippen molar-refractivity contribution < 1.29 is 4.39 Å². The highest BCUT2D eigenvalue weighted by Gasteiger charge is 2.21. The second-order valence-electron chi connectivity index (χ2n) is 4.92. The van der Waals surface area contributed by atoms with Gasteiger partial charge in [-0.3, -0.25) is 0 Å². The summed E-state index contributed by atoms with van der Waals surface area (Å²) in [5.74, 6) is 0.562. The van der Waals surface area contributed by atoms with Crippen molar-refractivity contribution in [2.24, 2.45) is 0 Å². The Morgan fingerprint density at radius 1 is 1.35 bits per heavy atom. The molecule has 5 heteroatoms. The third-order valence-corrected chi connectivity index (χ3v) is 3.09. The van der Waals surface area contributed by atoms with Crippen molar-refractivity contribution >= 4 is 34.2 Å². The predicted octanol–water partition coefficient (Wildman–Crippen LogP) is 4.32. The van der Waals surface area contributed by atoms with E-state index in [2.05, 4.69) is 4.98 Å².